The molecule has 1 saturated heterocycles. The van der Waals surface area contributed by atoms with Gasteiger partial charge in [-0.25, -0.2) is 4.98 Å². The van der Waals surface area contributed by atoms with Crippen molar-refractivity contribution in [3.8, 4) is 0 Å². The second-order valence-electron chi connectivity index (χ2n) is 8.57. The number of anilines is 1. The summed E-state index contributed by atoms with van der Waals surface area (Å²) in [4.78, 5) is 34.8. The van der Waals surface area contributed by atoms with Gasteiger partial charge < -0.3 is 10.2 Å². The maximum absolute atomic E-state index is 12.7. The molecule has 1 atom stereocenters. The van der Waals surface area contributed by atoms with Gasteiger partial charge in [0.05, 0.1) is 12.6 Å². The summed E-state index contributed by atoms with van der Waals surface area (Å²) in [6.07, 6.45) is 7.04. The highest BCUT2D eigenvalue weighted by Crippen LogP contribution is 2.31. The number of hydrogen-bond acceptors (Lipinski definition) is 5. The van der Waals surface area contributed by atoms with E-state index in [1.165, 1.54) is 20.5 Å². The summed E-state index contributed by atoms with van der Waals surface area (Å²) in [5.74, 6) is 0.611. The van der Waals surface area contributed by atoms with Gasteiger partial charge >= 0.3 is 0 Å². The molecule has 0 unspecified atom stereocenters. The minimum atomic E-state index is -0.0595. The fraction of sp³-hybridized carbons (Fsp3) is 0.320. The van der Waals surface area contributed by atoms with Gasteiger partial charge in [-0.05, 0) is 61.0 Å². The highest BCUT2D eigenvalue weighted by Gasteiger charge is 2.34. The van der Waals surface area contributed by atoms with Crippen LogP contribution in [0.2, 0.25) is 0 Å². The Kier molecular flexibility index (Phi) is 6.83. The number of likely N-dealkylation sites (N-methyl/N-ethyl adjacent to an activating group) is 1. The molecule has 4 heterocycles. The van der Waals surface area contributed by atoms with Gasteiger partial charge in [0.25, 0.3) is 0 Å². The van der Waals surface area contributed by atoms with Crippen LogP contribution < -0.4 is 5.32 Å². The van der Waals surface area contributed by atoms with Crippen molar-refractivity contribution in [1.82, 2.24) is 14.8 Å². The van der Waals surface area contributed by atoms with Crippen LogP contribution in [0.5, 0.6) is 0 Å². The Balaban J connectivity index is 0.00000259. The standard InChI is InChI=1S/C25H26N4O2S.ClH/c1-16-19-6-3-4-8-21(19)32-22(16)15-28(2)23(30)10-9-17-12-18-14-29-11-5-7-20(29)25(31)27-24(18)26-13-17;/h3-4,6,8-10,12-13,20H,5,7,11,14-15H2,1-2H3,(H,26,27,31);1H/b10-9+;/t20-;/m0./s1. The van der Waals surface area contributed by atoms with Gasteiger partial charge in [0.15, 0.2) is 0 Å². The van der Waals surface area contributed by atoms with Gasteiger partial charge in [-0.15, -0.1) is 23.7 Å². The number of hydrogen-bond donors (Lipinski definition) is 1. The van der Waals surface area contributed by atoms with E-state index in [2.05, 4.69) is 34.3 Å². The van der Waals surface area contributed by atoms with Crippen molar-refractivity contribution in [1.29, 1.82) is 0 Å². The Morgan fingerprint density at radius 3 is 3.00 bits per heavy atom. The highest BCUT2D eigenvalue weighted by atomic mass is 35.5. The number of rotatable bonds is 4. The molecule has 3 aromatic rings. The van der Waals surface area contributed by atoms with Crippen molar-refractivity contribution in [3.05, 3.63) is 64.2 Å². The van der Waals surface area contributed by atoms with E-state index in [-0.39, 0.29) is 30.3 Å². The molecule has 2 aromatic heterocycles. The van der Waals surface area contributed by atoms with Crippen LogP contribution in [0.3, 0.4) is 0 Å². The first-order chi connectivity index (χ1) is 15.5. The molecule has 2 aliphatic rings. The summed E-state index contributed by atoms with van der Waals surface area (Å²) in [5.41, 5.74) is 3.09. The minimum Gasteiger partial charge on any atom is -0.337 e. The summed E-state index contributed by atoms with van der Waals surface area (Å²) in [5, 5.41) is 4.21. The zero-order valence-corrected chi connectivity index (χ0v) is 20.3. The second kappa shape index (κ2) is 9.63. The van der Waals surface area contributed by atoms with Gasteiger partial charge in [0.1, 0.15) is 5.82 Å². The molecule has 0 radical (unpaired) electrons. The number of aryl methyl sites for hydroxylation is 1. The van der Waals surface area contributed by atoms with Gasteiger partial charge in [-0.2, -0.15) is 0 Å². The third-order valence-corrected chi connectivity index (χ3v) is 7.64. The lowest BCUT2D eigenvalue weighted by atomic mass is 10.1. The molecule has 8 heteroatoms. The van der Waals surface area contributed by atoms with E-state index in [9.17, 15) is 9.59 Å². The first-order valence-corrected chi connectivity index (χ1v) is 11.8. The fourth-order valence-corrected chi connectivity index (χ4v) is 5.81. The van der Waals surface area contributed by atoms with Crippen LogP contribution in [0, 0.1) is 6.92 Å². The molecule has 6 nitrogen and oxygen atoms in total. The zero-order chi connectivity index (χ0) is 22.2. The molecule has 5 rings (SSSR count). The Hall–Kier alpha value is -2.74. The molecule has 1 aromatic carbocycles. The molecule has 172 valence electrons. The zero-order valence-electron chi connectivity index (χ0n) is 18.7. The second-order valence-corrected chi connectivity index (χ2v) is 9.70. The van der Waals surface area contributed by atoms with Crippen LogP contribution in [-0.2, 0) is 22.7 Å². The largest absolute Gasteiger partial charge is 0.337 e. The lowest BCUT2D eigenvalue weighted by Gasteiger charge is -2.19. The molecule has 1 fully saturated rings. The van der Waals surface area contributed by atoms with E-state index in [4.69, 9.17) is 0 Å². The smallest absolute Gasteiger partial charge is 0.246 e. The molecular weight excluding hydrogens is 456 g/mol. The first-order valence-electron chi connectivity index (χ1n) is 10.9. The predicted molar refractivity (Wildman–Crippen MR) is 136 cm³/mol. The van der Waals surface area contributed by atoms with Crippen molar-refractivity contribution in [2.24, 2.45) is 0 Å². The average Bonchev–Trinajstić information content (AvgIpc) is 3.35. The summed E-state index contributed by atoms with van der Waals surface area (Å²) < 4.78 is 1.25. The van der Waals surface area contributed by atoms with Crippen molar-refractivity contribution in [3.63, 3.8) is 0 Å². The predicted octanol–water partition coefficient (Wildman–Crippen LogP) is 4.61. The molecule has 33 heavy (non-hydrogen) atoms. The molecular formula is C25H27ClN4O2S. The minimum absolute atomic E-state index is 0. The van der Waals surface area contributed by atoms with Crippen LogP contribution in [0.4, 0.5) is 5.82 Å². The molecule has 0 bridgehead atoms. The molecule has 0 saturated carbocycles. The lowest BCUT2D eigenvalue weighted by Crippen LogP contribution is -2.36. The monoisotopic (exact) mass is 482 g/mol. The van der Waals surface area contributed by atoms with Crippen LogP contribution in [0.15, 0.2) is 42.6 Å². The Labute approximate surface area is 203 Å². The van der Waals surface area contributed by atoms with Crippen molar-refractivity contribution < 1.29 is 9.59 Å². The van der Waals surface area contributed by atoms with E-state index in [1.54, 1.807) is 34.6 Å². The van der Waals surface area contributed by atoms with E-state index >= 15 is 0 Å². The van der Waals surface area contributed by atoms with E-state index in [0.717, 1.165) is 30.5 Å². The summed E-state index contributed by atoms with van der Waals surface area (Å²) >= 11 is 1.74. The van der Waals surface area contributed by atoms with Crippen molar-refractivity contribution in [2.75, 3.05) is 18.9 Å². The van der Waals surface area contributed by atoms with Crippen molar-refractivity contribution >= 4 is 57.5 Å². The molecule has 1 N–H and O–H groups in total. The number of thiophene rings is 1. The number of nitrogens with one attached hydrogen (secondary N) is 1. The molecule has 2 amide bonds. The average molecular weight is 483 g/mol. The fourth-order valence-electron chi connectivity index (χ4n) is 4.55. The van der Waals surface area contributed by atoms with Gasteiger partial charge in [0.2, 0.25) is 11.8 Å². The maximum Gasteiger partial charge on any atom is 0.246 e. The Morgan fingerprint density at radius 1 is 1.36 bits per heavy atom. The number of pyridine rings is 1. The van der Waals surface area contributed by atoms with Crippen LogP contribution in [-0.4, -0.2) is 46.2 Å². The van der Waals surface area contributed by atoms with Crippen molar-refractivity contribution in [2.45, 2.75) is 38.9 Å². The van der Waals surface area contributed by atoms with Gasteiger partial charge in [-0.1, -0.05) is 18.2 Å². The third-order valence-electron chi connectivity index (χ3n) is 6.39. The number of nitrogens with zero attached hydrogens (tertiary/aromatic N) is 3. The van der Waals surface area contributed by atoms with Gasteiger partial charge in [0, 0.05) is 41.0 Å². The van der Waals surface area contributed by atoms with E-state index in [0.29, 0.717) is 18.9 Å². The number of benzene rings is 1. The number of carbonyl (C=O) groups excluding carboxylic acids is 2. The van der Waals surface area contributed by atoms with E-state index < -0.39 is 0 Å². The molecule has 2 aliphatic heterocycles. The number of halogens is 1. The quantitative estimate of drug-likeness (QED) is 0.551. The molecule has 0 aliphatic carbocycles. The number of aromatic nitrogens is 1. The number of fused-ring (bicyclic) bond motifs is 3. The first kappa shape index (κ1) is 23.4. The number of amides is 2. The summed E-state index contributed by atoms with van der Waals surface area (Å²) in [6.45, 7) is 4.33. The van der Waals surface area contributed by atoms with E-state index in [1.807, 2.05) is 25.2 Å². The summed E-state index contributed by atoms with van der Waals surface area (Å²) in [7, 11) is 1.83. The van der Waals surface area contributed by atoms with Gasteiger partial charge in [-0.3, -0.25) is 14.5 Å². The maximum atomic E-state index is 12.7. The lowest BCUT2D eigenvalue weighted by molar-refractivity contribution is -0.125. The topological polar surface area (TPSA) is 65.5 Å². The number of carbonyl (C=O) groups is 2. The normalized spacial score (nSPS) is 17.9. The SMILES string of the molecule is Cc1c(CN(C)C(=O)/C=C/c2cnc3c(c2)CN2CCC[C@H]2C(=O)N3)sc2ccccc12.Cl. The molecule has 0 spiro atoms. The van der Waals surface area contributed by atoms with Crippen LogP contribution in [0.1, 0.15) is 34.4 Å². The summed E-state index contributed by atoms with van der Waals surface area (Å²) in [6, 6.07) is 10.3. The van der Waals surface area contributed by atoms with Crippen LogP contribution >= 0.6 is 23.7 Å². The third kappa shape index (κ3) is 4.67. The Morgan fingerprint density at radius 2 is 2.18 bits per heavy atom. The highest BCUT2D eigenvalue weighted by molar-refractivity contribution is 7.19. The van der Waals surface area contributed by atoms with Crippen LogP contribution in [0.25, 0.3) is 16.2 Å². The Bertz CT molecular complexity index is 1240.